The van der Waals surface area contributed by atoms with Gasteiger partial charge in [-0.3, -0.25) is 4.79 Å². The average Bonchev–Trinajstić information content (AvgIpc) is 2.92. The lowest BCUT2D eigenvalue weighted by Gasteiger charge is -2.30. The Morgan fingerprint density at radius 2 is 1.18 bits per heavy atom. The summed E-state index contributed by atoms with van der Waals surface area (Å²) in [5, 5.41) is 2.49. The Morgan fingerprint density at radius 1 is 0.684 bits per heavy atom. The van der Waals surface area contributed by atoms with Crippen molar-refractivity contribution in [1.82, 2.24) is 5.32 Å². The standard InChI is InChI=1S/C30H33NO7/c1-4-35-28(33)30(31-22(3)32,29(34)36-5-2)19-25-16-17-26(37-20-23-12-8-6-9-13-23)27(18-25)38-21-24-14-10-7-11-15-24/h6-18H,4-5,19-21H2,1-3H3,(H,31,32). The van der Waals surface area contributed by atoms with Crippen LogP contribution in [0.25, 0.3) is 0 Å². The van der Waals surface area contributed by atoms with Gasteiger partial charge in [0.1, 0.15) is 13.2 Å². The summed E-state index contributed by atoms with van der Waals surface area (Å²) >= 11 is 0. The van der Waals surface area contributed by atoms with Crippen LogP contribution in [0.15, 0.2) is 78.9 Å². The van der Waals surface area contributed by atoms with Gasteiger partial charge in [-0.25, -0.2) is 9.59 Å². The van der Waals surface area contributed by atoms with E-state index in [1.165, 1.54) is 6.92 Å². The monoisotopic (exact) mass is 519 g/mol. The van der Waals surface area contributed by atoms with E-state index in [0.29, 0.717) is 23.7 Å². The molecule has 0 fully saturated rings. The smallest absolute Gasteiger partial charge is 0.344 e. The highest BCUT2D eigenvalue weighted by molar-refractivity contribution is 6.08. The Balaban J connectivity index is 1.96. The summed E-state index contributed by atoms with van der Waals surface area (Å²) in [6.45, 7) is 5.12. The molecule has 0 saturated heterocycles. The van der Waals surface area contributed by atoms with Crippen molar-refractivity contribution in [1.29, 1.82) is 0 Å². The third-order valence-electron chi connectivity index (χ3n) is 5.59. The first-order chi connectivity index (χ1) is 18.4. The molecule has 0 unspecified atom stereocenters. The molecular weight excluding hydrogens is 486 g/mol. The second-order valence-corrected chi connectivity index (χ2v) is 8.53. The number of carbonyl (C=O) groups excluding carboxylic acids is 3. The number of amides is 1. The highest BCUT2D eigenvalue weighted by Crippen LogP contribution is 2.32. The fourth-order valence-electron chi connectivity index (χ4n) is 3.85. The first kappa shape index (κ1) is 28.2. The molecule has 0 aromatic heterocycles. The fourth-order valence-corrected chi connectivity index (χ4v) is 3.85. The second kappa shape index (κ2) is 13.8. The van der Waals surface area contributed by atoms with E-state index in [9.17, 15) is 14.4 Å². The van der Waals surface area contributed by atoms with Crippen LogP contribution in [-0.2, 0) is 43.5 Å². The number of esters is 2. The van der Waals surface area contributed by atoms with E-state index in [2.05, 4.69) is 5.32 Å². The van der Waals surface area contributed by atoms with Crippen molar-refractivity contribution in [3.8, 4) is 11.5 Å². The molecule has 8 heteroatoms. The third-order valence-corrected chi connectivity index (χ3v) is 5.59. The molecule has 0 saturated carbocycles. The second-order valence-electron chi connectivity index (χ2n) is 8.53. The molecule has 3 aromatic rings. The molecule has 0 bridgehead atoms. The van der Waals surface area contributed by atoms with E-state index >= 15 is 0 Å². The summed E-state index contributed by atoms with van der Waals surface area (Å²) in [5.41, 5.74) is 0.424. The third kappa shape index (κ3) is 7.59. The van der Waals surface area contributed by atoms with Crippen LogP contribution in [0.2, 0.25) is 0 Å². The van der Waals surface area contributed by atoms with Crippen LogP contribution in [0, 0.1) is 0 Å². The summed E-state index contributed by atoms with van der Waals surface area (Å²) in [4.78, 5) is 38.2. The van der Waals surface area contributed by atoms with Crippen molar-refractivity contribution in [3.05, 3.63) is 95.6 Å². The molecule has 0 atom stereocenters. The van der Waals surface area contributed by atoms with Crippen LogP contribution in [0.1, 0.15) is 37.5 Å². The van der Waals surface area contributed by atoms with Crippen LogP contribution in [-0.4, -0.2) is 36.6 Å². The van der Waals surface area contributed by atoms with E-state index in [-0.39, 0.29) is 26.2 Å². The minimum absolute atomic E-state index is 0.0251. The van der Waals surface area contributed by atoms with Crippen LogP contribution in [0.4, 0.5) is 0 Å². The summed E-state index contributed by atoms with van der Waals surface area (Å²) < 4.78 is 22.5. The minimum Gasteiger partial charge on any atom is -0.485 e. The Morgan fingerprint density at radius 3 is 1.66 bits per heavy atom. The zero-order valence-electron chi connectivity index (χ0n) is 21.9. The SMILES string of the molecule is CCOC(=O)C(Cc1ccc(OCc2ccccc2)c(OCc2ccccc2)c1)(NC(C)=O)C(=O)OCC. The average molecular weight is 520 g/mol. The highest BCUT2D eigenvalue weighted by atomic mass is 16.6. The van der Waals surface area contributed by atoms with Gasteiger partial charge in [0.05, 0.1) is 13.2 Å². The number of ether oxygens (including phenoxy) is 4. The van der Waals surface area contributed by atoms with Gasteiger partial charge in [0, 0.05) is 13.3 Å². The predicted molar refractivity (Wildman–Crippen MR) is 142 cm³/mol. The predicted octanol–water partition coefficient (Wildman–Crippen LogP) is 4.39. The highest BCUT2D eigenvalue weighted by Gasteiger charge is 2.50. The fraction of sp³-hybridized carbons (Fsp3) is 0.300. The van der Waals surface area contributed by atoms with Crippen molar-refractivity contribution in [2.45, 2.75) is 45.9 Å². The molecule has 0 aliphatic rings. The van der Waals surface area contributed by atoms with E-state index < -0.39 is 23.4 Å². The van der Waals surface area contributed by atoms with Gasteiger partial charge in [-0.05, 0) is 42.7 Å². The molecule has 38 heavy (non-hydrogen) atoms. The molecular formula is C30H33NO7. The normalized spacial score (nSPS) is 10.8. The van der Waals surface area contributed by atoms with Gasteiger partial charge in [0.25, 0.3) is 0 Å². The Bertz CT molecular complexity index is 1190. The van der Waals surface area contributed by atoms with Gasteiger partial charge in [-0.15, -0.1) is 0 Å². The number of rotatable bonds is 13. The molecule has 0 spiro atoms. The molecule has 1 amide bonds. The Kier molecular flexibility index (Phi) is 10.3. The summed E-state index contributed by atoms with van der Waals surface area (Å²) in [6.07, 6.45) is -0.203. The van der Waals surface area contributed by atoms with Crippen LogP contribution in [0.3, 0.4) is 0 Å². The van der Waals surface area contributed by atoms with Gasteiger partial charge >= 0.3 is 11.9 Å². The maximum absolute atomic E-state index is 13.0. The van der Waals surface area contributed by atoms with Crippen LogP contribution < -0.4 is 14.8 Å². The number of carbonyl (C=O) groups is 3. The quantitative estimate of drug-likeness (QED) is 0.264. The van der Waals surface area contributed by atoms with Gasteiger partial charge in [-0.1, -0.05) is 66.7 Å². The molecule has 3 aromatic carbocycles. The van der Waals surface area contributed by atoms with Crippen molar-refractivity contribution >= 4 is 17.8 Å². The lowest BCUT2D eigenvalue weighted by atomic mass is 9.90. The van der Waals surface area contributed by atoms with E-state index in [0.717, 1.165) is 11.1 Å². The zero-order valence-corrected chi connectivity index (χ0v) is 21.9. The molecule has 0 heterocycles. The maximum Gasteiger partial charge on any atom is 0.344 e. The Labute approximate surface area is 222 Å². The van der Waals surface area contributed by atoms with Crippen molar-refractivity contribution in [2.24, 2.45) is 0 Å². The first-order valence-electron chi connectivity index (χ1n) is 12.5. The van der Waals surface area contributed by atoms with Gasteiger partial charge in [0.2, 0.25) is 11.4 Å². The Hall–Kier alpha value is -4.33. The number of nitrogens with one attached hydrogen (secondary N) is 1. The molecule has 200 valence electrons. The maximum atomic E-state index is 13.0. The van der Waals surface area contributed by atoms with Gasteiger partial charge < -0.3 is 24.3 Å². The molecule has 0 aliphatic heterocycles. The lowest BCUT2D eigenvalue weighted by molar-refractivity contribution is -0.168. The topological polar surface area (TPSA) is 100 Å². The summed E-state index contributed by atoms with van der Waals surface area (Å²) in [5.74, 6) is -1.46. The number of benzene rings is 3. The van der Waals surface area contributed by atoms with E-state index in [1.54, 1.807) is 32.0 Å². The zero-order chi connectivity index (χ0) is 27.4. The van der Waals surface area contributed by atoms with Gasteiger partial charge in [-0.2, -0.15) is 0 Å². The van der Waals surface area contributed by atoms with Crippen molar-refractivity contribution in [2.75, 3.05) is 13.2 Å². The summed E-state index contributed by atoms with van der Waals surface area (Å²) in [7, 11) is 0. The molecule has 8 nitrogen and oxygen atoms in total. The summed E-state index contributed by atoms with van der Waals surface area (Å²) in [6, 6.07) is 24.5. The van der Waals surface area contributed by atoms with Crippen molar-refractivity contribution < 1.29 is 33.3 Å². The van der Waals surface area contributed by atoms with E-state index in [1.807, 2.05) is 60.7 Å². The van der Waals surface area contributed by atoms with Crippen molar-refractivity contribution in [3.63, 3.8) is 0 Å². The van der Waals surface area contributed by atoms with Crippen LogP contribution >= 0.6 is 0 Å². The van der Waals surface area contributed by atoms with Gasteiger partial charge in [0.15, 0.2) is 11.5 Å². The largest absolute Gasteiger partial charge is 0.485 e. The number of hydrogen-bond acceptors (Lipinski definition) is 7. The minimum atomic E-state index is -2.05. The number of hydrogen-bond donors (Lipinski definition) is 1. The molecule has 0 radical (unpaired) electrons. The van der Waals surface area contributed by atoms with Crippen LogP contribution in [0.5, 0.6) is 11.5 Å². The molecule has 3 rings (SSSR count). The lowest BCUT2D eigenvalue weighted by Crippen LogP contribution is -2.62. The van der Waals surface area contributed by atoms with E-state index in [4.69, 9.17) is 18.9 Å². The molecule has 0 aliphatic carbocycles. The molecule has 1 N–H and O–H groups in total. The first-order valence-corrected chi connectivity index (χ1v) is 12.5.